The van der Waals surface area contributed by atoms with E-state index < -0.39 is 0 Å². The summed E-state index contributed by atoms with van der Waals surface area (Å²) < 4.78 is 7.45. The van der Waals surface area contributed by atoms with Gasteiger partial charge in [0.05, 0.1) is 22.0 Å². The van der Waals surface area contributed by atoms with Gasteiger partial charge in [0.1, 0.15) is 12.4 Å². The fourth-order valence-corrected chi connectivity index (χ4v) is 2.21. The lowest BCUT2D eigenvalue weighted by Crippen LogP contribution is -2.06. The molecule has 0 saturated heterocycles. The highest BCUT2D eigenvalue weighted by molar-refractivity contribution is 6.31. The van der Waals surface area contributed by atoms with E-state index in [0.717, 1.165) is 11.4 Å². The molecule has 0 unspecified atom stereocenters. The van der Waals surface area contributed by atoms with E-state index in [9.17, 15) is 4.79 Å². The van der Waals surface area contributed by atoms with Crippen molar-refractivity contribution in [3.63, 3.8) is 0 Å². The first kappa shape index (κ1) is 14.6. The summed E-state index contributed by atoms with van der Waals surface area (Å²) in [4.78, 5) is 11.9. The molecule has 0 bridgehead atoms. The van der Waals surface area contributed by atoms with Crippen LogP contribution in [0.4, 0.5) is 0 Å². The van der Waals surface area contributed by atoms with Crippen molar-refractivity contribution in [2.45, 2.75) is 26.9 Å². The van der Waals surface area contributed by atoms with Gasteiger partial charge in [0.2, 0.25) is 0 Å². The third-order valence-electron chi connectivity index (χ3n) is 3.13. The van der Waals surface area contributed by atoms with Gasteiger partial charge in [-0.1, -0.05) is 30.7 Å². The summed E-state index contributed by atoms with van der Waals surface area (Å²) in [5, 5.41) is 4.84. The number of Topliss-reactive ketones (excluding diaryl/α,β-unsaturated/α-hetero) is 1. The van der Waals surface area contributed by atoms with Crippen molar-refractivity contribution >= 4 is 17.4 Å². The average molecular weight is 293 g/mol. The van der Waals surface area contributed by atoms with E-state index in [-0.39, 0.29) is 12.4 Å². The molecule has 0 atom stereocenters. The largest absolute Gasteiger partial charge is 0.486 e. The Morgan fingerprint density at radius 2 is 2.10 bits per heavy atom. The second kappa shape index (κ2) is 6.09. The van der Waals surface area contributed by atoms with Crippen LogP contribution in [0.5, 0.6) is 5.75 Å². The maximum absolute atomic E-state index is 11.9. The van der Waals surface area contributed by atoms with Gasteiger partial charge in [0.15, 0.2) is 5.78 Å². The van der Waals surface area contributed by atoms with Crippen molar-refractivity contribution in [2.24, 2.45) is 7.05 Å². The first-order valence-electron chi connectivity index (χ1n) is 6.47. The van der Waals surface area contributed by atoms with Crippen molar-refractivity contribution in [3.05, 3.63) is 46.2 Å². The molecule has 1 aromatic heterocycles. The van der Waals surface area contributed by atoms with Crippen molar-refractivity contribution < 1.29 is 9.53 Å². The molecular formula is C15H17ClN2O2. The van der Waals surface area contributed by atoms with E-state index in [1.54, 1.807) is 16.8 Å². The molecule has 1 aromatic carbocycles. The number of nitrogens with zero attached hydrogens (tertiary/aromatic N) is 2. The third kappa shape index (κ3) is 2.85. The number of ether oxygens (including phenoxy) is 1. The fraction of sp³-hybridized carbons (Fsp3) is 0.333. The number of benzene rings is 1. The summed E-state index contributed by atoms with van der Waals surface area (Å²) in [7, 11) is 1.82. The number of carbonyl (C=O) groups is 1. The summed E-state index contributed by atoms with van der Waals surface area (Å²) in [5.74, 6) is 0.641. The van der Waals surface area contributed by atoms with Crippen LogP contribution in [0, 0.1) is 6.92 Å². The fourth-order valence-electron chi connectivity index (χ4n) is 2.00. The van der Waals surface area contributed by atoms with Gasteiger partial charge < -0.3 is 4.74 Å². The maximum Gasteiger partial charge on any atom is 0.166 e. The van der Waals surface area contributed by atoms with Gasteiger partial charge in [-0.05, 0) is 19.1 Å². The molecule has 2 rings (SSSR count). The monoisotopic (exact) mass is 292 g/mol. The quantitative estimate of drug-likeness (QED) is 0.792. The SMILES string of the molecule is CCC(=O)c1ccccc1OCc1c(Cl)c(C)nn1C. The molecule has 0 aliphatic heterocycles. The highest BCUT2D eigenvalue weighted by Crippen LogP contribution is 2.24. The standard InChI is InChI=1S/C15H17ClN2O2/c1-4-13(19)11-7-5-6-8-14(11)20-9-12-15(16)10(2)17-18(12)3/h5-8H,4,9H2,1-3H3. The Balaban J connectivity index is 2.21. The summed E-state index contributed by atoms with van der Waals surface area (Å²) in [6, 6.07) is 7.24. The number of carbonyl (C=O) groups excluding carboxylic acids is 1. The molecule has 0 amide bonds. The topological polar surface area (TPSA) is 44.1 Å². The minimum atomic E-state index is 0.0629. The summed E-state index contributed by atoms with van der Waals surface area (Å²) in [6.07, 6.45) is 0.450. The van der Waals surface area contributed by atoms with Crippen LogP contribution < -0.4 is 4.74 Å². The lowest BCUT2D eigenvalue weighted by Gasteiger charge is -2.10. The van der Waals surface area contributed by atoms with Crippen molar-refractivity contribution in [2.75, 3.05) is 0 Å². The Labute approximate surface area is 123 Å². The van der Waals surface area contributed by atoms with Crippen LogP contribution in [-0.4, -0.2) is 15.6 Å². The maximum atomic E-state index is 11.9. The summed E-state index contributed by atoms with van der Waals surface area (Å²) >= 11 is 6.18. The van der Waals surface area contributed by atoms with E-state index in [2.05, 4.69) is 5.10 Å². The van der Waals surface area contributed by atoms with Gasteiger partial charge in [-0.15, -0.1) is 0 Å². The molecule has 0 radical (unpaired) electrons. The minimum Gasteiger partial charge on any atom is -0.486 e. The number of rotatable bonds is 5. The Kier molecular flexibility index (Phi) is 4.45. The number of hydrogen-bond acceptors (Lipinski definition) is 3. The van der Waals surface area contributed by atoms with Gasteiger partial charge in [-0.3, -0.25) is 9.48 Å². The second-order valence-electron chi connectivity index (χ2n) is 4.53. The molecule has 2 aromatic rings. The van der Waals surface area contributed by atoms with E-state index >= 15 is 0 Å². The molecule has 5 heteroatoms. The van der Waals surface area contributed by atoms with E-state index in [4.69, 9.17) is 16.3 Å². The Morgan fingerprint density at radius 3 is 2.70 bits per heavy atom. The minimum absolute atomic E-state index is 0.0629. The number of aromatic nitrogens is 2. The number of ketones is 1. The normalized spacial score (nSPS) is 10.6. The van der Waals surface area contributed by atoms with Gasteiger partial charge in [-0.2, -0.15) is 5.10 Å². The van der Waals surface area contributed by atoms with Gasteiger partial charge in [0, 0.05) is 13.5 Å². The molecule has 4 nitrogen and oxygen atoms in total. The summed E-state index contributed by atoms with van der Waals surface area (Å²) in [6.45, 7) is 3.96. The number of halogens is 1. The van der Waals surface area contributed by atoms with Crippen LogP contribution in [0.15, 0.2) is 24.3 Å². The molecule has 0 N–H and O–H groups in total. The van der Waals surface area contributed by atoms with Crippen LogP contribution in [0.1, 0.15) is 35.1 Å². The van der Waals surface area contributed by atoms with Crippen molar-refractivity contribution in [1.82, 2.24) is 9.78 Å². The van der Waals surface area contributed by atoms with Crippen LogP contribution >= 0.6 is 11.6 Å². The molecule has 0 fully saturated rings. The molecule has 1 heterocycles. The van der Waals surface area contributed by atoms with Crippen molar-refractivity contribution in [3.8, 4) is 5.75 Å². The lowest BCUT2D eigenvalue weighted by molar-refractivity contribution is 0.0983. The second-order valence-corrected chi connectivity index (χ2v) is 4.91. The van der Waals surface area contributed by atoms with E-state index in [1.807, 2.05) is 33.0 Å². The van der Waals surface area contributed by atoms with Crippen LogP contribution in [-0.2, 0) is 13.7 Å². The van der Waals surface area contributed by atoms with Crippen LogP contribution in [0.3, 0.4) is 0 Å². The van der Waals surface area contributed by atoms with Crippen molar-refractivity contribution in [1.29, 1.82) is 0 Å². The van der Waals surface area contributed by atoms with Crippen LogP contribution in [0.25, 0.3) is 0 Å². The molecular weight excluding hydrogens is 276 g/mol. The number of aryl methyl sites for hydroxylation is 2. The zero-order chi connectivity index (χ0) is 14.7. The van der Waals surface area contributed by atoms with E-state index in [0.29, 0.717) is 22.8 Å². The molecule has 0 aliphatic carbocycles. The lowest BCUT2D eigenvalue weighted by atomic mass is 10.1. The average Bonchev–Trinajstić information content (AvgIpc) is 2.70. The Hall–Kier alpha value is -1.81. The molecule has 0 saturated carbocycles. The third-order valence-corrected chi connectivity index (χ3v) is 3.63. The highest BCUT2D eigenvalue weighted by atomic mass is 35.5. The zero-order valence-corrected chi connectivity index (χ0v) is 12.6. The van der Waals surface area contributed by atoms with Gasteiger partial charge >= 0.3 is 0 Å². The predicted molar refractivity (Wildman–Crippen MR) is 78.4 cm³/mol. The van der Waals surface area contributed by atoms with Gasteiger partial charge in [0.25, 0.3) is 0 Å². The summed E-state index contributed by atoms with van der Waals surface area (Å²) in [5.41, 5.74) is 2.17. The smallest absolute Gasteiger partial charge is 0.166 e. The Bertz CT molecular complexity index is 635. The predicted octanol–water partition coefficient (Wildman–Crippen LogP) is 3.55. The van der Waals surface area contributed by atoms with Gasteiger partial charge in [-0.25, -0.2) is 0 Å². The first-order chi connectivity index (χ1) is 9.54. The molecule has 0 spiro atoms. The van der Waals surface area contributed by atoms with Crippen LogP contribution in [0.2, 0.25) is 5.02 Å². The highest BCUT2D eigenvalue weighted by Gasteiger charge is 2.14. The molecule has 0 aliphatic rings. The molecule has 20 heavy (non-hydrogen) atoms. The first-order valence-corrected chi connectivity index (χ1v) is 6.85. The number of para-hydroxylation sites is 1. The Morgan fingerprint density at radius 1 is 1.40 bits per heavy atom. The number of hydrogen-bond donors (Lipinski definition) is 0. The molecule has 106 valence electrons. The van der Waals surface area contributed by atoms with E-state index in [1.165, 1.54) is 0 Å². The zero-order valence-electron chi connectivity index (χ0n) is 11.8.